The van der Waals surface area contributed by atoms with E-state index < -0.39 is 12.7 Å². The SMILES string of the molecule is [2H]C([2H])([2H])C([2H])(C)c1cc(C)[n+](C)c(-c2c(C)ccc3c2oc2c([N+]#[C-])ccc(-c4ccccc4)c23)c1. The molecule has 3 heteroatoms. The second-order valence-corrected chi connectivity index (χ2v) is 8.51. The summed E-state index contributed by atoms with van der Waals surface area (Å²) in [5.41, 5.74) is 7.37. The zero-order valence-electron chi connectivity index (χ0n) is 23.2. The normalized spacial score (nSPS) is 15.4. The third-order valence-corrected chi connectivity index (χ3v) is 6.42. The number of benzene rings is 3. The van der Waals surface area contributed by atoms with E-state index in [2.05, 4.69) is 4.85 Å². The van der Waals surface area contributed by atoms with Crippen LogP contribution in [0.1, 0.15) is 42.0 Å². The number of pyridine rings is 1. The summed E-state index contributed by atoms with van der Waals surface area (Å²) in [6.45, 7) is 10.6. The van der Waals surface area contributed by atoms with Crippen LogP contribution >= 0.6 is 0 Å². The monoisotopic (exact) mass is 435 g/mol. The first-order valence-electron chi connectivity index (χ1n) is 12.9. The summed E-state index contributed by atoms with van der Waals surface area (Å²) >= 11 is 0. The molecule has 0 radical (unpaired) electrons. The molecule has 0 N–H and O–H groups in total. The molecule has 0 aliphatic heterocycles. The summed E-state index contributed by atoms with van der Waals surface area (Å²) < 4.78 is 41.1. The molecule has 3 aromatic carbocycles. The first-order chi connectivity index (χ1) is 17.5. The molecule has 3 nitrogen and oxygen atoms in total. The molecule has 5 rings (SSSR count). The van der Waals surface area contributed by atoms with E-state index in [1.54, 1.807) is 18.2 Å². The van der Waals surface area contributed by atoms with Crippen LogP contribution < -0.4 is 4.57 Å². The Hall–Kier alpha value is -3.90. The van der Waals surface area contributed by atoms with Crippen LogP contribution in [-0.2, 0) is 7.05 Å². The molecule has 1 unspecified atom stereocenters. The fourth-order valence-electron chi connectivity index (χ4n) is 4.55. The number of fused-ring (bicyclic) bond motifs is 3. The fraction of sp³-hybridized carbons (Fsp3) is 0.200. The van der Waals surface area contributed by atoms with Gasteiger partial charge in [-0.3, -0.25) is 0 Å². The van der Waals surface area contributed by atoms with E-state index >= 15 is 0 Å². The molecule has 2 heterocycles. The van der Waals surface area contributed by atoms with Crippen molar-refractivity contribution < 1.29 is 14.5 Å². The second-order valence-electron chi connectivity index (χ2n) is 8.51. The van der Waals surface area contributed by atoms with E-state index in [0.717, 1.165) is 44.4 Å². The number of hydrogen-bond donors (Lipinski definition) is 0. The lowest BCUT2D eigenvalue weighted by molar-refractivity contribution is -0.666. The van der Waals surface area contributed by atoms with Gasteiger partial charge in [0.2, 0.25) is 11.4 Å². The van der Waals surface area contributed by atoms with Gasteiger partial charge in [0, 0.05) is 35.3 Å². The molecule has 5 aromatic rings. The third kappa shape index (κ3) is 3.31. The summed E-state index contributed by atoms with van der Waals surface area (Å²) in [7, 11) is 1.92. The summed E-state index contributed by atoms with van der Waals surface area (Å²) in [6, 6.07) is 21.4. The maximum absolute atomic E-state index is 8.70. The molecule has 0 spiro atoms. The van der Waals surface area contributed by atoms with Crippen LogP contribution in [0.15, 0.2) is 71.1 Å². The molecule has 33 heavy (non-hydrogen) atoms. The lowest BCUT2D eigenvalue weighted by Crippen LogP contribution is -2.35. The molecule has 2 aromatic heterocycles. The van der Waals surface area contributed by atoms with Crippen LogP contribution in [0.4, 0.5) is 5.69 Å². The Balaban J connectivity index is 1.90. The average Bonchev–Trinajstić information content (AvgIpc) is 3.24. The minimum absolute atomic E-state index is 0.414. The van der Waals surface area contributed by atoms with Crippen molar-refractivity contribution >= 4 is 27.6 Å². The highest BCUT2D eigenvalue weighted by molar-refractivity contribution is 6.18. The maximum atomic E-state index is 8.70. The Morgan fingerprint density at radius 2 is 1.82 bits per heavy atom. The number of rotatable bonds is 3. The minimum atomic E-state index is -2.49. The molecule has 0 aliphatic carbocycles. The summed E-state index contributed by atoms with van der Waals surface area (Å²) in [5, 5.41) is 1.76. The van der Waals surface area contributed by atoms with Gasteiger partial charge in [0.05, 0.1) is 12.1 Å². The van der Waals surface area contributed by atoms with Crippen molar-refractivity contribution in [3.63, 3.8) is 0 Å². The van der Waals surface area contributed by atoms with Crippen molar-refractivity contribution in [2.24, 2.45) is 7.05 Å². The summed E-state index contributed by atoms with van der Waals surface area (Å²) in [5.74, 6) is -1.78. The van der Waals surface area contributed by atoms with Crippen LogP contribution in [0.5, 0.6) is 0 Å². The van der Waals surface area contributed by atoms with Crippen molar-refractivity contribution in [2.75, 3.05) is 0 Å². The van der Waals surface area contributed by atoms with Gasteiger partial charge in [0.25, 0.3) is 0 Å². The van der Waals surface area contributed by atoms with Crippen molar-refractivity contribution in [3.05, 3.63) is 95.0 Å². The summed E-state index contributed by atoms with van der Waals surface area (Å²) in [6.07, 6.45) is 0. The van der Waals surface area contributed by atoms with E-state index in [-0.39, 0.29) is 0 Å². The summed E-state index contributed by atoms with van der Waals surface area (Å²) in [4.78, 5) is 3.72. The van der Waals surface area contributed by atoms with Crippen molar-refractivity contribution in [1.29, 1.82) is 0 Å². The van der Waals surface area contributed by atoms with Crippen molar-refractivity contribution in [2.45, 2.75) is 33.5 Å². The van der Waals surface area contributed by atoms with Gasteiger partial charge in [0.15, 0.2) is 5.69 Å². The lowest BCUT2D eigenvalue weighted by atomic mass is 9.94. The van der Waals surface area contributed by atoms with Crippen LogP contribution in [0, 0.1) is 20.4 Å². The molecule has 0 aliphatic rings. The van der Waals surface area contributed by atoms with Gasteiger partial charge < -0.3 is 4.42 Å². The Morgan fingerprint density at radius 3 is 2.55 bits per heavy atom. The fourth-order valence-corrected chi connectivity index (χ4v) is 4.55. The van der Waals surface area contributed by atoms with Crippen molar-refractivity contribution in [1.82, 2.24) is 0 Å². The van der Waals surface area contributed by atoms with Gasteiger partial charge in [-0.25, -0.2) is 4.85 Å². The molecule has 0 fully saturated rings. The maximum Gasteiger partial charge on any atom is 0.229 e. The highest BCUT2D eigenvalue weighted by atomic mass is 16.3. The van der Waals surface area contributed by atoms with Gasteiger partial charge in [-0.2, -0.15) is 4.57 Å². The Morgan fingerprint density at radius 1 is 1.03 bits per heavy atom. The number of nitrogens with zero attached hydrogens (tertiary/aromatic N) is 2. The van der Waals surface area contributed by atoms with Crippen LogP contribution in [-0.4, -0.2) is 0 Å². The standard InChI is InChI=1S/C30H27N2O/c1-18(2)22-16-20(4)32(6)26(17-22)27-19(3)12-13-24-28-23(21-10-8-7-9-11-21)14-15-25(31-5)30(28)33-29(24)27/h7-18H,1-4,6H3/q+1/i1D3,18D. The largest absolute Gasteiger partial charge is 0.466 e. The number of furan rings is 1. The predicted octanol–water partition coefficient (Wildman–Crippen LogP) is 8.04. The van der Waals surface area contributed by atoms with Gasteiger partial charge in [0.1, 0.15) is 18.2 Å². The van der Waals surface area contributed by atoms with Crippen LogP contribution in [0.25, 0.3) is 49.2 Å². The zero-order chi connectivity index (χ0) is 26.7. The minimum Gasteiger partial charge on any atom is -0.466 e. The van der Waals surface area contributed by atoms with E-state index in [9.17, 15) is 0 Å². The van der Waals surface area contributed by atoms with Crippen LogP contribution in [0.2, 0.25) is 0 Å². The van der Waals surface area contributed by atoms with Crippen LogP contribution in [0.3, 0.4) is 0 Å². The topological polar surface area (TPSA) is 21.4 Å². The number of hydrogen-bond acceptors (Lipinski definition) is 1. The molecule has 0 saturated heterocycles. The molecule has 0 bridgehead atoms. The molecule has 1 atom stereocenters. The number of aryl methyl sites for hydroxylation is 2. The zero-order valence-corrected chi connectivity index (χ0v) is 19.2. The van der Waals surface area contributed by atoms with Gasteiger partial charge in [-0.15, -0.1) is 0 Å². The van der Waals surface area contributed by atoms with E-state index in [4.69, 9.17) is 16.5 Å². The Kier molecular flexibility index (Phi) is 4.00. The van der Waals surface area contributed by atoms with E-state index in [0.29, 0.717) is 22.4 Å². The van der Waals surface area contributed by atoms with Gasteiger partial charge in [-0.1, -0.05) is 68.4 Å². The average molecular weight is 436 g/mol. The van der Waals surface area contributed by atoms with Gasteiger partial charge in [-0.05, 0) is 35.1 Å². The Labute approximate surface area is 200 Å². The van der Waals surface area contributed by atoms with E-state index in [1.807, 2.05) is 74.0 Å². The first-order valence-corrected chi connectivity index (χ1v) is 10.9. The first kappa shape index (κ1) is 16.7. The lowest BCUT2D eigenvalue weighted by Gasteiger charge is -2.11. The predicted molar refractivity (Wildman–Crippen MR) is 136 cm³/mol. The molecular formula is C30H27N2O+. The third-order valence-electron chi connectivity index (χ3n) is 6.42. The highest BCUT2D eigenvalue weighted by Crippen LogP contribution is 2.44. The smallest absolute Gasteiger partial charge is 0.229 e. The van der Waals surface area contributed by atoms with E-state index in [1.165, 1.54) is 6.92 Å². The van der Waals surface area contributed by atoms with Gasteiger partial charge >= 0.3 is 0 Å². The molecule has 162 valence electrons. The molecule has 0 saturated carbocycles. The molecule has 0 amide bonds. The van der Waals surface area contributed by atoms with Crippen molar-refractivity contribution in [3.8, 4) is 22.4 Å². The Bertz CT molecular complexity index is 1730. The molecular weight excluding hydrogens is 404 g/mol. The second kappa shape index (κ2) is 7.90. The number of aromatic nitrogens is 1. The highest BCUT2D eigenvalue weighted by Gasteiger charge is 2.25. The quantitative estimate of drug-likeness (QED) is 0.208.